The molecule has 6 heteroatoms. The van der Waals surface area contributed by atoms with E-state index >= 15 is 0 Å². The lowest BCUT2D eigenvalue weighted by Gasteiger charge is -2.24. The maximum atomic E-state index is 10.6. The van der Waals surface area contributed by atoms with Gasteiger partial charge in [0.2, 0.25) is 0 Å². The summed E-state index contributed by atoms with van der Waals surface area (Å²) in [7, 11) is 0. The highest BCUT2D eigenvalue weighted by molar-refractivity contribution is 5.69. The molecule has 0 atom stereocenters. The summed E-state index contributed by atoms with van der Waals surface area (Å²) >= 11 is 0. The number of carbonyl (C=O) groups is 2. The van der Waals surface area contributed by atoms with Crippen LogP contribution < -0.4 is 0 Å². The minimum atomic E-state index is -0.921. The molecule has 0 saturated carbocycles. The number of likely N-dealkylation sites (N-methyl/N-ethyl adjacent to an activating group) is 1. The van der Waals surface area contributed by atoms with E-state index in [9.17, 15) is 9.59 Å². The quantitative estimate of drug-likeness (QED) is 0.572. The van der Waals surface area contributed by atoms with Gasteiger partial charge < -0.3 is 15.1 Å². The smallest absolute Gasteiger partial charge is 0.317 e. The van der Waals surface area contributed by atoms with Gasteiger partial charge in [-0.1, -0.05) is 13.8 Å². The van der Waals surface area contributed by atoms with E-state index in [1.54, 1.807) is 4.90 Å². The summed E-state index contributed by atoms with van der Waals surface area (Å²) in [6.45, 7) is 7.44. The monoisotopic (exact) mass is 246 g/mol. The highest BCUT2D eigenvalue weighted by Gasteiger charge is 2.12. The first-order chi connectivity index (χ1) is 7.99. The van der Waals surface area contributed by atoms with Crippen LogP contribution in [0.4, 0.5) is 0 Å². The molecule has 0 spiro atoms. The molecule has 0 aromatic heterocycles. The van der Waals surface area contributed by atoms with Gasteiger partial charge in [-0.05, 0) is 13.1 Å². The zero-order valence-electron chi connectivity index (χ0n) is 10.6. The standard InChI is InChI=1S/C11H22N2O4/c1-3-12(4-2)7-8-13(9-11(16)17)6-5-10(14)15/h3-9H2,1-2H3,(H,14,15)(H,16,17). The first-order valence-corrected chi connectivity index (χ1v) is 5.87. The topological polar surface area (TPSA) is 81.1 Å². The van der Waals surface area contributed by atoms with Gasteiger partial charge in [-0.2, -0.15) is 0 Å². The summed E-state index contributed by atoms with van der Waals surface area (Å²) in [6.07, 6.45) is -0.0223. The summed E-state index contributed by atoms with van der Waals surface area (Å²) in [5, 5.41) is 17.3. The largest absolute Gasteiger partial charge is 0.481 e. The molecule has 0 aliphatic heterocycles. The van der Waals surface area contributed by atoms with Crippen molar-refractivity contribution in [3.8, 4) is 0 Å². The highest BCUT2D eigenvalue weighted by Crippen LogP contribution is 1.95. The van der Waals surface area contributed by atoms with E-state index in [2.05, 4.69) is 4.90 Å². The second-order valence-corrected chi connectivity index (χ2v) is 3.84. The Kier molecular flexibility index (Phi) is 8.35. The van der Waals surface area contributed by atoms with Gasteiger partial charge in [0.15, 0.2) is 0 Å². The van der Waals surface area contributed by atoms with Crippen molar-refractivity contribution in [2.24, 2.45) is 0 Å². The Balaban J connectivity index is 4.08. The van der Waals surface area contributed by atoms with Crippen LogP contribution in [-0.4, -0.2) is 71.2 Å². The fraction of sp³-hybridized carbons (Fsp3) is 0.818. The predicted octanol–water partition coefficient (Wildman–Crippen LogP) is 0.190. The van der Waals surface area contributed by atoms with Crippen molar-refractivity contribution >= 4 is 11.9 Å². The minimum absolute atomic E-state index is 0.0223. The Morgan fingerprint density at radius 3 is 1.82 bits per heavy atom. The molecule has 0 radical (unpaired) electrons. The third-order valence-electron chi connectivity index (χ3n) is 2.63. The third-order valence-corrected chi connectivity index (χ3v) is 2.63. The average molecular weight is 246 g/mol. The first kappa shape index (κ1) is 15.9. The Hall–Kier alpha value is -1.14. The van der Waals surface area contributed by atoms with Crippen LogP contribution in [0.25, 0.3) is 0 Å². The number of hydrogen-bond acceptors (Lipinski definition) is 4. The molecule has 17 heavy (non-hydrogen) atoms. The maximum Gasteiger partial charge on any atom is 0.317 e. The van der Waals surface area contributed by atoms with Gasteiger partial charge in [0.25, 0.3) is 0 Å². The zero-order chi connectivity index (χ0) is 13.3. The van der Waals surface area contributed by atoms with Gasteiger partial charge in [-0.15, -0.1) is 0 Å². The van der Waals surface area contributed by atoms with E-state index in [4.69, 9.17) is 10.2 Å². The Labute approximate surface area is 102 Å². The lowest BCUT2D eigenvalue weighted by molar-refractivity contribution is -0.141. The summed E-state index contributed by atoms with van der Waals surface area (Å²) in [5.74, 6) is -1.82. The van der Waals surface area contributed by atoms with Crippen molar-refractivity contribution < 1.29 is 19.8 Å². The van der Waals surface area contributed by atoms with Crippen LogP contribution in [0.2, 0.25) is 0 Å². The van der Waals surface area contributed by atoms with Crippen molar-refractivity contribution in [1.82, 2.24) is 9.80 Å². The first-order valence-electron chi connectivity index (χ1n) is 5.87. The van der Waals surface area contributed by atoms with Crippen molar-refractivity contribution in [2.75, 3.05) is 39.3 Å². The molecule has 0 saturated heterocycles. The van der Waals surface area contributed by atoms with Gasteiger partial charge >= 0.3 is 11.9 Å². The molecule has 0 amide bonds. The Morgan fingerprint density at radius 2 is 1.41 bits per heavy atom. The van der Waals surface area contributed by atoms with Crippen molar-refractivity contribution in [2.45, 2.75) is 20.3 Å². The van der Waals surface area contributed by atoms with E-state index in [0.29, 0.717) is 6.54 Å². The van der Waals surface area contributed by atoms with Crippen LogP contribution in [0.1, 0.15) is 20.3 Å². The van der Waals surface area contributed by atoms with Crippen LogP contribution in [0.3, 0.4) is 0 Å². The second-order valence-electron chi connectivity index (χ2n) is 3.84. The van der Waals surface area contributed by atoms with Crippen molar-refractivity contribution in [3.05, 3.63) is 0 Å². The molecule has 0 bridgehead atoms. The molecule has 0 heterocycles. The van der Waals surface area contributed by atoms with E-state index in [1.807, 2.05) is 13.8 Å². The molecule has 0 unspecified atom stereocenters. The van der Waals surface area contributed by atoms with Crippen LogP contribution in [0.5, 0.6) is 0 Å². The van der Waals surface area contributed by atoms with Gasteiger partial charge in [-0.25, -0.2) is 0 Å². The number of aliphatic carboxylic acids is 2. The summed E-state index contributed by atoms with van der Waals surface area (Å²) < 4.78 is 0. The Morgan fingerprint density at radius 1 is 0.882 bits per heavy atom. The third kappa shape index (κ3) is 8.65. The summed E-state index contributed by atoms with van der Waals surface area (Å²) in [5.41, 5.74) is 0. The number of hydrogen-bond donors (Lipinski definition) is 2. The average Bonchev–Trinajstić information content (AvgIpc) is 2.26. The number of rotatable bonds is 10. The van der Waals surface area contributed by atoms with Crippen LogP contribution in [0.15, 0.2) is 0 Å². The van der Waals surface area contributed by atoms with Gasteiger partial charge in [0.1, 0.15) is 0 Å². The molecule has 0 aliphatic rings. The van der Waals surface area contributed by atoms with E-state index in [1.165, 1.54) is 0 Å². The maximum absolute atomic E-state index is 10.6. The normalized spacial score (nSPS) is 11.1. The molecule has 6 nitrogen and oxygen atoms in total. The molecular weight excluding hydrogens is 224 g/mol. The molecule has 0 aromatic carbocycles. The predicted molar refractivity (Wildman–Crippen MR) is 64.1 cm³/mol. The highest BCUT2D eigenvalue weighted by atomic mass is 16.4. The molecule has 0 aromatic rings. The fourth-order valence-corrected chi connectivity index (χ4v) is 1.54. The van der Waals surface area contributed by atoms with E-state index in [0.717, 1.165) is 19.6 Å². The molecule has 2 N–H and O–H groups in total. The summed E-state index contributed by atoms with van der Waals surface area (Å²) in [6, 6.07) is 0. The molecule has 100 valence electrons. The van der Waals surface area contributed by atoms with Gasteiger partial charge in [0.05, 0.1) is 13.0 Å². The van der Waals surface area contributed by atoms with Crippen LogP contribution in [-0.2, 0) is 9.59 Å². The molecule has 0 aliphatic carbocycles. The fourth-order valence-electron chi connectivity index (χ4n) is 1.54. The minimum Gasteiger partial charge on any atom is -0.481 e. The molecular formula is C11H22N2O4. The van der Waals surface area contributed by atoms with Gasteiger partial charge in [0, 0.05) is 19.6 Å². The van der Waals surface area contributed by atoms with Crippen LogP contribution >= 0.6 is 0 Å². The lowest BCUT2D eigenvalue weighted by atomic mass is 10.3. The van der Waals surface area contributed by atoms with Crippen molar-refractivity contribution in [1.29, 1.82) is 0 Å². The number of carboxylic acids is 2. The Bertz CT molecular complexity index is 242. The molecule has 0 fully saturated rings. The van der Waals surface area contributed by atoms with Crippen molar-refractivity contribution in [3.63, 3.8) is 0 Å². The van der Waals surface area contributed by atoms with E-state index in [-0.39, 0.29) is 19.5 Å². The van der Waals surface area contributed by atoms with E-state index < -0.39 is 11.9 Å². The number of nitrogens with zero attached hydrogens (tertiary/aromatic N) is 2. The zero-order valence-corrected chi connectivity index (χ0v) is 10.6. The molecule has 0 rings (SSSR count). The lowest BCUT2D eigenvalue weighted by Crippen LogP contribution is -2.38. The SMILES string of the molecule is CCN(CC)CCN(CCC(=O)O)CC(=O)O. The number of carboxylic acid groups (broad SMARTS) is 2. The summed E-state index contributed by atoms with van der Waals surface area (Å²) in [4.78, 5) is 24.9. The second kappa shape index (κ2) is 8.95. The van der Waals surface area contributed by atoms with Crippen LogP contribution in [0, 0.1) is 0 Å². The van der Waals surface area contributed by atoms with Gasteiger partial charge in [-0.3, -0.25) is 14.5 Å².